The molecule has 2 N–H and O–H groups in total. The SMILES string of the molecule is CCOCCOC(C)CC(C)(N)C(=O)OC. The number of hydrogen-bond donors (Lipinski definition) is 1. The average Bonchev–Trinajstić information content (AvgIpc) is 2.22. The number of carbonyl (C=O) groups excluding carboxylic acids is 1. The molecule has 0 rings (SSSR count). The van der Waals surface area contributed by atoms with Crippen LogP contribution in [0.5, 0.6) is 0 Å². The fourth-order valence-electron chi connectivity index (χ4n) is 1.43. The van der Waals surface area contributed by atoms with Crippen molar-refractivity contribution in [3.8, 4) is 0 Å². The second-order valence-corrected chi connectivity index (χ2v) is 3.99. The van der Waals surface area contributed by atoms with Gasteiger partial charge in [-0.15, -0.1) is 0 Å². The number of rotatable bonds is 8. The van der Waals surface area contributed by atoms with E-state index in [1.807, 2.05) is 13.8 Å². The topological polar surface area (TPSA) is 70.8 Å². The Hall–Kier alpha value is -0.650. The molecule has 0 fully saturated rings. The van der Waals surface area contributed by atoms with E-state index in [0.717, 1.165) is 0 Å². The van der Waals surface area contributed by atoms with Gasteiger partial charge in [0.25, 0.3) is 0 Å². The van der Waals surface area contributed by atoms with Gasteiger partial charge in [-0.2, -0.15) is 0 Å². The van der Waals surface area contributed by atoms with E-state index in [1.165, 1.54) is 7.11 Å². The molecule has 0 radical (unpaired) electrons. The zero-order valence-electron chi connectivity index (χ0n) is 10.6. The van der Waals surface area contributed by atoms with Crippen LogP contribution in [0.2, 0.25) is 0 Å². The summed E-state index contributed by atoms with van der Waals surface area (Å²) in [6.45, 7) is 7.18. The first-order valence-electron chi connectivity index (χ1n) is 5.50. The summed E-state index contributed by atoms with van der Waals surface area (Å²) in [6.07, 6.45) is 0.320. The van der Waals surface area contributed by atoms with Crippen LogP contribution in [0.15, 0.2) is 0 Å². The second-order valence-electron chi connectivity index (χ2n) is 3.99. The fourth-order valence-corrected chi connectivity index (χ4v) is 1.43. The van der Waals surface area contributed by atoms with E-state index in [-0.39, 0.29) is 6.10 Å². The highest BCUT2D eigenvalue weighted by atomic mass is 16.5. The van der Waals surface area contributed by atoms with Gasteiger partial charge in [0.05, 0.1) is 26.4 Å². The van der Waals surface area contributed by atoms with Crippen LogP contribution >= 0.6 is 0 Å². The van der Waals surface area contributed by atoms with E-state index in [1.54, 1.807) is 6.92 Å². The van der Waals surface area contributed by atoms with E-state index in [4.69, 9.17) is 15.2 Å². The van der Waals surface area contributed by atoms with Gasteiger partial charge >= 0.3 is 5.97 Å². The highest BCUT2D eigenvalue weighted by Gasteiger charge is 2.31. The van der Waals surface area contributed by atoms with Gasteiger partial charge in [0.15, 0.2) is 0 Å². The Morgan fingerprint density at radius 2 is 2.06 bits per heavy atom. The van der Waals surface area contributed by atoms with Gasteiger partial charge in [-0.3, -0.25) is 4.79 Å². The molecule has 5 nitrogen and oxygen atoms in total. The lowest BCUT2D eigenvalue weighted by atomic mass is 9.96. The van der Waals surface area contributed by atoms with Crippen molar-refractivity contribution in [3.05, 3.63) is 0 Å². The van der Waals surface area contributed by atoms with Gasteiger partial charge < -0.3 is 19.9 Å². The monoisotopic (exact) mass is 233 g/mol. The average molecular weight is 233 g/mol. The maximum Gasteiger partial charge on any atom is 0.325 e. The lowest BCUT2D eigenvalue weighted by Crippen LogP contribution is -2.48. The van der Waals surface area contributed by atoms with Gasteiger partial charge in [-0.25, -0.2) is 0 Å². The first-order chi connectivity index (χ1) is 7.44. The Labute approximate surface area is 97.2 Å². The van der Waals surface area contributed by atoms with Crippen molar-refractivity contribution in [1.82, 2.24) is 0 Å². The first-order valence-corrected chi connectivity index (χ1v) is 5.50. The molecule has 5 heteroatoms. The van der Waals surface area contributed by atoms with Crippen molar-refractivity contribution in [2.45, 2.75) is 38.8 Å². The molecule has 2 atom stereocenters. The van der Waals surface area contributed by atoms with E-state index < -0.39 is 11.5 Å². The summed E-state index contributed by atoms with van der Waals surface area (Å²) in [7, 11) is 1.33. The van der Waals surface area contributed by atoms with Crippen LogP contribution in [0.25, 0.3) is 0 Å². The highest BCUT2D eigenvalue weighted by molar-refractivity contribution is 5.79. The van der Waals surface area contributed by atoms with Crippen LogP contribution in [-0.2, 0) is 19.0 Å². The zero-order valence-corrected chi connectivity index (χ0v) is 10.6. The van der Waals surface area contributed by atoms with Gasteiger partial charge in [0, 0.05) is 13.0 Å². The molecular weight excluding hydrogens is 210 g/mol. The molecule has 2 unspecified atom stereocenters. The van der Waals surface area contributed by atoms with Gasteiger partial charge in [-0.1, -0.05) is 0 Å². The van der Waals surface area contributed by atoms with Gasteiger partial charge in [-0.05, 0) is 20.8 Å². The van der Waals surface area contributed by atoms with Crippen LogP contribution in [0.3, 0.4) is 0 Å². The normalized spacial score (nSPS) is 16.6. The van der Waals surface area contributed by atoms with E-state index in [9.17, 15) is 4.79 Å². The second kappa shape index (κ2) is 7.60. The van der Waals surface area contributed by atoms with Crippen LogP contribution in [0.1, 0.15) is 27.2 Å². The Bertz CT molecular complexity index is 206. The van der Waals surface area contributed by atoms with Crippen molar-refractivity contribution in [1.29, 1.82) is 0 Å². The maximum absolute atomic E-state index is 11.3. The zero-order chi connectivity index (χ0) is 12.6. The summed E-state index contributed by atoms with van der Waals surface area (Å²) in [5.74, 6) is -0.423. The third-order valence-electron chi connectivity index (χ3n) is 2.20. The Morgan fingerprint density at radius 3 is 2.56 bits per heavy atom. The van der Waals surface area contributed by atoms with Crippen LogP contribution in [0.4, 0.5) is 0 Å². The molecule has 0 amide bonds. The molecule has 0 aliphatic carbocycles. The Kier molecular flexibility index (Phi) is 7.29. The lowest BCUT2D eigenvalue weighted by Gasteiger charge is -2.25. The van der Waals surface area contributed by atoms with Crippen molar-refractivity contribution in [3.63, 3.8) is 0 Å². The largest absolute Gasteiger partial charge is 0.468 e. The lowest BCUT2D eigenvalue weighted by molar-refractivity contribution is -0.148. The molecule has 0 aromatic carbocycles. The Morgan fingerprint density at radius 1 is 1.44 bits per heavy atom. The summed E-state index contributed by atoms with van der Waals surface area (Å²) in [6, 6.07) is 0. The van der Waals surface area contributed by atoms with Crippen molar-refractivity contribution >= 4 is 5.97 Å². The third-order valence-corrected chi connectivity index (χ3v) is 2.20. The van der Waals surface area contributed by atoms with Crippen LogP contribution < -0.4 is 5.73 Å². The number of ether oxygens (including phenoxy) is 3. The van der Waals surface area contributed by atoms with E-state index in [0.29, 0.717) is 26.2 Å². The summed E-state index contributed by atoms with van der Waals surface area (Å²) >= 11 is 0. The van der Waals surface area contributed by atoms with Crippen LogP contribution in [-0.4, -0.2) is 44.5 Å². The van der Waals surface area contributed by atoms with Crippen LogP contribution in [0, 0.1) is 0 Å². The summed E-state index contributed by atoms with van der Waals surface area (Å²) < 4.78 is 15.2. The molecule has 0 aromatic rings. The molecule has 16 heavy (non-hydrogen) atoms. The predicted molar refractivity (Wildman–Crippen MR) is 61.1 cm³/mol. The van der Waals surface area contributed by atoms with Gasteiger partial charge in [0.1, 0.15) is 5.54 Å². The molecule has 0 saturated carbocycles. The third kappa shape index (κ3) is 6.05. The molecule has 0 bridgehead atoms. The number of methoxy groups -OCH3 is 1. The molecule has 0 saturated heterocycles. The quantitative estimate of drug-likeness (QED) is 0.494. The summed E-state index contributed by atoms with van der Waals surface area (Å²) in [4.78, 5) is 11.3. The van der Waals surface area contributed by atoms with Gasteiger partial charge in [0.2, 0.25) is 0 Å². The number of hydrogen-bond acceptors (Lipinski definition) is 5. The standard InChI is InChI=1S/C11H23NO4/c1-5-15-6-7-16-9(2)8-11(3,12)10(13)14-4/h9H,5-8,12H2,1-4H3. The summed E-state index contributed by atoms with van der Waals surface area (Å²) in [5.41, 5.74) is 4.82. The molecule has 0 aliphatic rings. The minimum atomic E-state index is -1.00. The molecule has 0 aliphatic heterocycles. The Balaban J connectivity index is 3.85. The molecule has 0 heterocycles. The summed E-state index contributed by atoms with van der Waals surface area (Å²) in [5, 5.41) is 0. The number of carbonyl (C=O) groups is 1. The minimum absolute atomic E-state index is 0.102. The first kappa shape index (κ1) is 15.3. The molecule has 0 spiro atoms. The van der Waals surface area contributed by atoms with E-state index in [2.05, 4.69) is 4.74 Å². The smallest absolute Gasteiger partial charge is 0.325 e. The molecule has 0 aromatic heterocycles. The van der Waals surface area contributed by atoms with Crippen molar-refractivity contribution < 1.29 is 19.0 Å². The van der Waals surface area contributed by atoms with Crippen molar-refractivity contribution in [2.75, 3.05) is 26.9 Å². The maximum atomic E-state index is 11.3. The molecule has 96 valence electrons. The fraction of sp³-hybridized carbons (Fsp3) is 0.909. The van der Waals surface area contributed by atoms with Crippen molar-refractivity contribution in [2.24, 2.45) is 5.73 Å². The number of esters is 1. The molecular formula is C11H23NO4. The minimum Gasteiger partial charge on any atom is -0.468 e. The van der Waals surface area contributed by atoms with E-state index >= 15 is 0 Å². The predicted octanol–water partition coefficient (Wildman–Crippen LogP) is 0.709. The highest BCUT2D eigenvalue weighted by Crippen LogP contribution is 2.13. The number of nitrogens with two attached hydrogens (primary N) is 1.